The van der Waals surface area contributed by atoms with E-state index in [2.05, 4.69) is 26.1 Å². The molecule has 2 heterocycles. The number of rotatable bonds is 4. The fourth-order valence-corrected chi connectivity index (χ4v) is 2.90. The van der Waals surface area contributed by atoms with Gasteiger partial charge in [0.1, 0.15) is 5.75 Å². The van der Waals surface area contributed by atoms with Crippen LogP contribution in [0.15, 0.2) is 44.7 Å². The first-order chi connectivity index (χ1) is 9.70. The van der Waals surface area contributed by atoms with Gasteiger partial charge in [0.05, 0.1) is 4.88 Å². The highest BCUT2D eigenvalue weighted by Crippen LogP contribution is 2.27. The number of anilines is 1. The molecule has 7 heteroatoms. The van der Waals surface area contributed by atoms with Crippen molar-refractivity contribution in [2.45, 2.75) is 6.61 Å². The van der Waals surface area contributed by atoms with E-state index in [0.29, 0.717) is 23.2 Å². The monoisotopic (exact) mass is 351 g/mol. The topological polar surface area (TPSA) is 74.2 Å². The summed E-state index contributed by atoms with van der Waals surface area (Å²) in [6.45, 7) is 0.226. The average Bonchev–Trinajstić information content (AvgIpc) is 3.07. The molecule has 0 aliphatic heterocycles. The molecule has 0 radical (unpaired) electrons. The van der Waals surface area contributed by atoms with Crippen molar-refractivity contribution in [1.29, 1.82) is 0 Å². The van der Waals surface area contributed by atoms with Crippen LogP contribution in [-0.4, -0.2) is 10.1 Å². The van der Waals surface area contributed by atoms with Crippen molar-refractivity contribution < 1.29 is 9.26 Å². The Morgan fingerprint density at radius 3 is 2.80 bits per heavy atom. The summed E-state index contributed by atoms with van der Waals surface area (Å²) in [5.41, 5.74) is 6.30. The molecule has 0 amide bonds. The van der Waals surface area contributed by atoms with Gasteiger partial charge in [-0.3, -0.25) is 0 Å². The molecule has 0 aliphatic carbocycles. The largest absolute Gasteiger partial charge is 0.484 e. The first kappa shape index (κ1) is 13.1. The second-order valence-electron chi connectivity index (χ2n) is 4.00. The zero-order valence-electron chi connectivity index (χ0n) is 10.2. The Balaban J connectivity index is 1.67. The minimum absolute atomic E-state index is 0.226. The van der Waals surface area contributed by atoms with E-state index in [1.54, 1.807) is 35.6 Å². The lowest BCUT2D eigenvalue weighted by molar-refractivity contribution is 0.243. The van der Waals surface area contributed by atoms with Gasteiger partial charge >= 0.3 is 0 Å². The first-order valence-electron chi connectivity index (χ1n) is 5.76. The Morgan fingerprint density at radius 2 is 2.10 bits per heavy atom. The molecule has 0 fully saturated rings. The van der Waals surface area contributed by atoms with Gasteiger partial charge in [0.15, 0.2) is 6.61 Å². The fourth-order valence-electron chi connectivity index (χ4n) is 1.55. The molecule has 102 valence electrons. The molecule has 1 aromatic carbocycles. The van der Waals surface area contributed by atoms with E-state index >= 15 is 0 Å². The molecule has 5 nitrogen and oxygen atoms in total. The number of ether oxygens (including phenoxy) is 1. The molecule has 20 heavy (non-hydrogen) atoms. The van der Waals surface area contributed by atoms with E-state index in [-0.39, 0.29) is 6.61 Å². The smallest absolute Gasteiger partial charge is 0.264 e. The van der Waals surface area contributed by atoms with Crippen LogP contribution in [0.2, 0.25) is 0 Å². The number of nitrogens with zero attached hydrogens (tertiary/aromatic N) is 2. The quantitative estimate of drug-likeness (QED) is 0.725. The van der Waals surface area contributed by atoms with Gasteiger partial charge in [-0.15, -0.1) is 11.3 Å². The summed E-state index contributed by atoms with van der Waals surface area (Å²) in [6, 6.07) is 9.08. The molecule has 0 spiro atoms. The highest BCUT2D eigenvalue weighted by atomic mass is 79.9. The molecule has 0 unspecified atom stereocenters. The maximum absolute atomic E-state index is 5.60. The van der Waals surface area contributed by atoms with Gasteiger partial charge in [-0.25, -0.2) is 0 Å². The third-order valence-corrected chi connectivity index (χ3v) is 4.19. The zero-order valence-corrected chi connectivity index (χ0v) is 12.6. The number of nitrogens with two attached hydrogens (primary N) is 1. The van der Waals surface area contributed by atoms with Crippen LogP contribution in [0.4, 0.5) is 5.69 Å². The number of hydrogen-bond donors (Lipinski definition) is 1. The van der Waals surface area contributed by atoms with Gasteiger partial charge < -0.3 is 15.0 Å². The van der Waals surface area contributed by atoms with E-state index in [9.17, 15) is 0 Å². The fraction of sp³-hybridized carbons (Fsp3) is 0.0769. The molecule has 0 bridgehead atoms. The van der Waals surface area contributed by atoms with Crippen LogP contribution in [0.25, 0.3) is 10.7 Å². The van der Waals surface area contributed by atoms with Crippen molar-refractivity contribution in [3.8, 4) is 16.5 Å². The van der Waals surface area contributed by atoms with E-state index in [4.69, 9.17) is 15.0 Å². The SMILES string of the molecule is Nc1ccc(OCc2nc(-c3cc(Br)cs3)no2)cc1. The number of nitrogen functional groups attached to an aromatic ring is 1. The predicted octanol–water partition coefficient (Wildman–Crippen LogP) is 3.72. The van der Waals surface area contributed by atoms with Crippen molar-refractivity contribution in [1.82, 2.24) is 10.1 Å². The molecule has 2 aromatic heterocycles. The summed E-state index contributed by atoms with van der Waals surface area (Å²) >= 11 is 4.94. The molecule has 2 N–H and O–H groups in total. The van der Waals surface area contributed by atoms with Crippen LogP contribution in [-0.2, 0) is 6.61 Å². The van der Waals surface area contributed by atoms with Crippen molar-refractivity contribution >= 4 is 33.0 Å². The Labute approximate surface area is 127 Å². The Hall–Kier alpha value is -1.86. The lowest BCUT2D eigenvalue weighted by Gasteiger charge is -2.02. The van der Waals surface area contributed by atoms with Gasteiger partial charge in [-0.1, -0.05) is 5.16 Å². The summed E-state index contributed by atoms with van der Waals surface area (Å²) < 4.78 is 11.7. The maximum atomic E-state index is 5.60. The van der Waals surface area contributed by atoms with E-state index in [0.717, 1.165) is 9.35 Å². The van der Waals surface area contributed by atoms with Gasteiger partial charge in [0, 0.05) is 15.5 Å². The number of halogens is 1. The van der Waals surface area contributed by atoms with Crippen molar-refractivity contribution in [2.75, 3.05) is 5.73 Å². The lowest BCUT2D eigenvalue weighted by Crippen LogP contribution is -1.95. The summed E-state index contributed by atoms with van der Waals surface area (Å²) in [5.74, 6) is 1.70. The van der Waals surface area contributed by atoms with Gasteiger partial charge in [-0.05, 0) is 46.3 Å². The van der Waals surface area contributed by atoms with Crippen LogP contribution in [0.1, 0.15) is 5.89 Å². The third kappa shape index (κ3) is 3.00. The van der Waals surface area contributed by atoms with Gasteiger partial charge in [-0.2, -0.15) is 4.98 Å². The summed E-state index contributed by atoms with van der Waals surface area (Å²) in [6.07, 6.45) is 0. The normalized spacial score (nSPS) is 10.7. The summed E-state index contributed by atoms with van der Waals surface area (Å²) in [7, 11) is 0. The summed E-state index contributed by atoms with van der Waals surface area (Å²) in [5, 5.41) is 5.90. The van der Waals surface area contributed by atoms with Crippen molar-refractivity contribution in [3.63, 3.8) is 0 Å². The number of thiophene rings is 1. The zero-order chi connectivity index (χ0) is 13.9. The first-order valence-corrected chi connectivity index (χ1v) is 7.43. The molecular formula is C13H10BrN3O2S. The van der Waals surface area contributed by atoms with Crippen LogP contribution in [0, 0.1) is 0 Å². The van der Waals surface area contributed by atoms with E-state index < -0.39 is 0 Å². The standard InChI is InChI=1S/C13H10BrN3O2S/c14-8-5-11(20-7-8)13-16-12(19-17-13)6-18-10-3-1-9(15)2-4-10/h1-5,7H,6,15H2. The molecule has 3 rings (SSSR count). The Bertz CT molecular complexity index is 708. The average molecular weight is 352 g/mol. The maximum Gasteiger partial charge on any atom is 0.264 e. The van der Waals surface area contributed by atoms with Gasteiger partial charge in [0.25, 0.3) is 5.89 Å². The van der Waals surface area contributed by atoms with Gasteiger partial charge in [0.2, 0.25) is 5.82 Å². The molecule has 0 atom stereocenters. The molecule has 0 saturated carbocycles. The molecule has 0 aliphatic rings. The number of aromatic nitrogens is 2. The van der Waals surface area contributed by atoms with Crippen LogP contribution >= 0.6 is 27.3 Å². The van der Waals surface area contributed by atoms with Crippen molar-refractivity contribution in [3.05, 3.63) is 46.1 Å². The highest BCUT2D eigenvalue weighted by molar-refractivity contribution is 9.10. The molecular weight excluding hydrogens is 342 g/mol. The minimum Gasteiger partial charge on any atom is -0.484 e. The highest BCUT2D eigenvalue weighted by Gasteiger charge is 2.11. The van der Waals surface area contributed by atoms with Crippen LogP contribution < -0.4 is 10.5 Å². The number of hydrogen-bond acceptors (Lipinski definition) is 6. The third-order valence-electron chi connectivity index (χ3n) is 2.50. The molecule has 3 aromatic rings. The van der Waals surface area contributed by atoms with E-state index in [1.807, 2.05) is 11.4 Å². The summed E-state index contributed by atoms with van der Waals surface area (Å²) in [4.78, 5) is 5.23. The van der Waals surface area contributed by atoms with Crippen molar-refractivity contribution in [2.24, 2.45) is 0 Å². The van der Waals surface area contributed by atoms with Crippen LogP contribution in [0.3, 0.4) is 0 Å². The Kier molecular flexibility index (Phi) is 3.70. The Morgan fingerprint density at radius 1 is 1.30 bits per heavy atom. The molecule has 0 saturated heterocycles. The predicted molar refractivity (Wildman–Crippen MR) is 80.5 cm³/mol. The second kappa shape index (κ2) is 5.64. The number of benzene rings is 1. The lowest BCUT2D eigenvalue weighted by atomic mass is 10.3. The second-order valence-corrected chi connectivity index (χ2v) is 5.83. The van der Waals surface area contributed by atoms with Crippen LogP contribution in [0.5, 0.6) is 5.75 Å². The minimum atomic E-state index is 0.226. The van der Waals surface area contributed by atoms with E-state index in [1.165, 1.54) is 0 Å².